The number of carbonyl (C=O) groups excluding carboxylic acids is 5. The predicted octanol–water partition coefficient (Wildman–Crippen LogP) is -0.0591. The summed E-state index contributed by atoms with van der Waals surface area (Å²) >= 11 is 0. The summed E-state index contributed by atoms with van der Waals surface area (Å²) < 4.78 is 5.03. The standard InChI is InChI=1S/C27H42N8O8/c1-5-20(33-27(40)43-16-17(2)3)24(38)31-18(4)23(37)32-21(12-9-14-30-26(28)34-35(41)42)22(36)25(39)29-15-13-19-10-7-6-8-11-19/h6-8,10-11,17-18,20-21H,5,9,12-16H2,1-4H3,(H,29,39)(H,31,38)(H,32,37)(H,33,40)(H3,28,30,34)/t18-,20+,21-/m0/s1. The zero-order chi connectivity index (χ0) is 32.4. The summed E-state index contributed by atoms with van der Waals surface area (Å²) in [6.07, 6.45) is 0.0716. The molecule has 4 amide bonds. The van der Waals surface area contributed by atoms with Crippen molar-refractivity contribution in [1.82, 2.24) is 26.6 Å². The summed E-state index contributed by atoms with van der Waals surface area (Å²) in [7, 11) is 0. The lowest BCUT2D eigenvalue weighted by atomic mass is 10.0. The van der Waals surface area contributed by atoms with Gasteiger partial charge in [-0.3, -0.25) is 19.2 Å². The molecule has 0 heterocycles. The van der Waals surface area contributed by atoms with Crippen molar-refractivity contribution < 1.29 is 33.7 Å². The van der Waals surface area contributed by atoms with E-state index in [1.165, 1.54) is 6.92 Å². The number of rotatable bonds is 18. The molecule has 0 aromatic heterocycles. The molecule has 0 radical (unpaired) electrons. The molecule has 0 unspecified atom stereocenters. The van der Waals surface area contributed by atoms with E-state index in [-0.39, 0.29) is 44.9 Å². The minimum atomic E-state index is -1.27. The van der Waals surface area contributed by atoms with Crippen molar-refractivity contribution in [3.8, 4) is 0 Å². The topological polar surface area (TPSA) is 236 Å². The first-order chi connectivity index (χ1) is 20.3. The van der Waals surface area contributed by atoms with Crippen LogP contribution in [0.3, 0.4) is 0 Å². The first-order valence-electron chi connectivity index (χ1n) is 14.0. The molecule has 16 nitrogen and oxygen atoms in total. The van der Waals surface area contributed by atoms with Gasteiger partial charge in [0.05, 0.1) is 12.6 Å². The lowest BCUT2D eigenvalue weighted by Crippen LogP contribution is -2.56. The summed E-state index contributed by atoms with van der Waals surface area (Å²) in [6, 6.07) is 5.93. The van der Waals surface area contributed by atoms with Crippen molar-refractivity contribution >= 4 is 35.6 Å². The van der Waals surface area contributed by atoms with E-state index in [1.54, 1.807) is 6.92 Å². The van der Waals surface area contributed by atoms with Crippen molar-refractivity contribution in [1.29, 1.82) is 0 Å². The van der Waals surface area contributed by atoms with Gasteiger partial charge < -0.3 is 37.1 Å². The highest BCUT2D eigenvalue weighted by Gasteiger charge is 2.29. The molecule has 0 fully saturated rings. The molecule has 0 aliphatic carbocycles. The second-order valence-electron chi connectivity index (χ2n) is 10.0. The van der Waals surface area contributed by atoms with Crippen LogP contribution in [0.5, 0.6) is 0 Å². The van der Waals surface area contributed by atoms with Crippen LogP contribution in [-0.2, 0) is 30.3 Å². The Morgan fingerprint density at radius 2 is 1.63 bits per heavy atom. The first-order valence-corrected chi connectivity index (χ1v) is 14.0. The largest absolute Gasteiger partial charge is 0.449 e. The van der Waals surface area contributed by atoms with Gasteiger partial charge in [0.15, 0.2) is 5.03 Å². The molecule has 16 heteroatoms. The lowest BCUT2D eigenvalue weighted by Gasteiger charge is -2.23. The molecular formula is C27H42N8O8. The third-order valence-corrected chi connectivity index (χ3v) is 5.88. The van der Waals surface area contributed by atoms with Gasteiger partial charge >= 0.3 is 6.09 Å². The molecule has 7 N–H and O–H groups in total. The highest BCUT2D eigenvalue weighted by molar-refractivity contribution is 6.38. The second-order valence-corrected chi connectivity index (χ2v) is 10.0. The number of amides is 4. The molecule has 3 atom stereocenters. The molecule has 1 aromatic rings. The van der Waals surface area contributed by atoms with Crippen LogP contribution < -0.4 is 32.3 Å². The normalized spacial score (nSPS) is 13.2. The molecule has 0 spiro atoms. The second kappa shape index (κ2) is 19.4. The van der Waals surface area contributed by atoms with Crippen molar-refractivity contribution in [2.24, 2.45) is 16.8 Å². The van der Waals surface area contributed by atoms with Crippen LogP contribution in [0.1, 0.15) is 52.5 Å². The van der Waals surface area contributed by atoms with E-state index in [0.717, 1.165) is 5.56 Å². The van der Waals surface area contributed by atoms with Gasteiger partial charge in [0.2, 0.25) is 17.6 Å². The molecule has 0 aliphatic heterocycles. The molecule has 0 bridgehead atoms. The minimum absolute atomic E-state index is 0.0308. The number of nitrogens with zero attached hydrogens (tertiary/aromatic N) is 2. The van der Waals surface area contributed by atoms with Gasteiger partial charge in [0.25, 0.3) is 11.9 Å². The number of carbonyl (C=O) groups is 5. The van der Waals surface area contributed by atoms with Crippen molar-refractivity contribution in [3.05, 3.63) is 46.0 Å². The number of hydrazone groups is 1. The molecule has 43 heavy (non-hydrogen) atoms. The van der Waals surface area contributed by atoms with Crippen LogP contribution in [0, 0.1) is 16.0 Å². The highest BCUT2D eigenvalue weighted by Crippen LogP contribution is 2.03. The SMILES string of the molecule is CC[C@@H](NC(=O)OCC(C)C)C(=O)N[C@@H](C)C(=O)N[C@@H](CCCN/C(N)=N\[N+](=O)[O-])C(=O)C(=O)NCCc1ccccc1. The Kier molecular flexibility index (Phi) is 16.3. The van der Waals surface area contributed by atoms with Crippen molar-refractivity contribution in [3.63, 3.8) is 0 Å². The Hall–Kier alpha value is -4.76. The highest BCUT2D eigenvalue weighted by atomic mass is 16.7. The maximum Gasteiger partial charge on any atom is 0.407 e. The van der Waals surface area contributed by atoms with Crippen LogP contribution in [0.25, 0.3) is 0 Å². The summed E-state index contributed by atoms with van der Waals surface area (Å²) in [5, 5.41) is 24.8. The third kappa shape index (κ3) is 15.2. The molecule has 0 aliphatic rings. The van der Waals surface area contributed by atoms with E-state index in [4.69, 9.17) is 10.5 Å². The number of benzene rings is 1. The lowest BCUT2D eigenvalue weighted by molar-refractivity contribution is -0.485. The molecule has 1 aromatic carbocycles. The summed E-state index contributed by atoms with van der Waals surface area (Å²) in [5.74, 6) is -3.55. The van der Waals surface area contributed by atoms with Gasteiger partial charge in [-0.15, -0.1) is 0 Å². The number of guanidine groups is 1. The van der Waals surface area contributed by atoms with Gasteiger partial charge in [-0.1, -0.05) is 51.1 Å². The quantitative estimate of drug-likeness (QED) is 0.0325. The molecule has 238 valence electrons. The molecule has 0 saturated heterocycles. The van der Waals surface area contributed by atoms with Crippen molar-refractivity contribution in [2.45, 2.75) is 71.5 Å². The number of alkyl carbamates (subject to hydrolysis) is 1. The number of Topliss-reactive ketones (excluding diaryl/α,β-unsaturated/α-hetero) is 1. The Bertz CT molecular complexity index is 1130. The van der Waals surface area contributed by atoms with Crippen LogP contribution in [0.2, 0.25) is 0 Å². The van der Waals surface area contributed by atoms with E-state index in [2.05, 4.69) is 31.7 Å². The maximum atomic E-state index is 13.0. The average molecular weight is 607 g/mol. The molecule has 1 rings (SSSR count). The van der Waals surface area contributed by atoms with Crippen LogP contribution >= 0.6 is 0 Å². The molecular weight excluding hydrogens is 564 g/mol. The Labute approximate surface area is 250 Å². The van der Waals surface area contributed by atoms with Gasteiger partial charge in [-0.2, -0.15) is 0 Å². The minimum Gasteiger partial charge on any atom is -0.449 e. The van der Waals surface area contributed by atoms with Gasteiger partial charge in [0, 0.05) is 13.1 Å². The summed E-state index contributed by atoms with van der Waals surface area (Å²) in [4.78, 5) is 73.7. The fourth-order valence-corrected chi connectivity index (χ4v) is 3.58. The number of nitrogens with two attached hydrogens (primary N) is 1. The number of nitrogens with one attached hydrogen (secondary N) is 5. The average Bonchev–Trinajstić information content (AvgIpc) is 2.95. The van der Waals surface area contributed by atoms with Crippen LogP contribution in [0.15, 0.2) is 35.4 Å². The monoisotopic (exact) mass is 606 g/mol. The number of ether oxygens (including phenoxy) is 1. The van der Waals surface area contributed by atoms with Crippen LogP contribution in [-0.4, -0.2) is 78.4 Å². The van der Waals surface area contributed by atoms with Crippen molar-refractivity contribution in [2.75, 3.05) is 19.7 Å². The number of ketones is 1. The third-order valence-electron chi connectivity index (χ3n) is 5.88. The smallest absolute Gasteiger partial charge is 0.407 e. The fourth-order valence-electron chi connectivity index (χ4n) is 3.58. The van der Waals surface area contributed by atoms with E-state index in [1.807, 2.05) is 44.2 Å². The number of nitro groups is 1. The van der Waals surface area contributed by atoms with E-state index >= 15 is 0 Å². The number of hydrogen-bond donors (Lipinski definition) is 6. The zero-order valence-corrected chi connectivity index (χ0v) is 24.9. The Morgan fingerprint density at radius 1 is 0.953 bits per heavy atom. The van der Waals surface area contributed by atoms with E-state index in [9.17, 15) is 34.1 Å². The number of hydrogen-bond acceptors (Lipinski definition) is 8. The van der Waals surface area contributed by atoms with Gasteiger partial charge in [0.1, 0.15) is 17.2 Å². The van der Waals surface area contributed by atoms with Gasteiger partial charge in [-0.25, -0.2) is 14.9 Å². The molecule has 0 saturated carbocycles. The Morgan fingerprint density at radius 3 is 2.23 bits per heavy atom. The first kappa shape index (κ1) is 36.3. The van der Waals surface area contributed by atoms with Crippen LogP contribution in [0.4, 0.5) is 4.79 Å². The Balaban J connectivity index is 2.81. The fraction of sp³-hybridized carbons (Fsp3) is 0.556. The zero-order valence-electron chi connectivity index (χ0n) is 24.9. The van der Waals surface area contributed by atoms with E-state index < -0.39 is 58.7 Å². The van der Waals surface area contributed by atoms with Gasteiger partial charge in [-0.05, 0) is 44.1 Å². The van der Waals surface area contributed by atoms with E-state index in [0.29, 0.717) is 6.42 Å². The maximum absolute atomic E-state index is 13.0. The predicted molar refractivity (Wildman–Crippen MR) is 157 cm³/mol. The summed E-state index contributed by atoms with van der Waals surface area (Å²) in [5.41, 5.74) is 6.34. The summed E-state index contributed by atoms with van der Waals surface area (Å²) in [6.45, 7) is 7.18.